The summed E-state index contributed by atoms with van der Waals surface area (Å²) in [5, 5.41) is 17.2. The number of rotatable bonds is 5. The first-order valence-electron chi connectivity index (χ1n) is 8.53. The molecule has 0 aromatic heterocycles. The van der Waals surface area contributed by atoms with Crippen LogP contribution in [0.4, 0.5) is 5.69 Å². The van der Waals surface area contributed by atoms with E-state index in [9.17, 15) is 10.1 Å². The Bertz CT molecular complexity index is 733. The van der Waals surface area contributed by atoms with E-state index in [4.69, 9.17) is 0 Å². The van der Waals surface area contributed by atoms with Crippen LogP contribution in [0.15, 0.2) is 53.6 Å². The van der Waals surface area contributed by atoms with Crippen LogP contribution in [-0.4, -0.2) is 42.3 Å². The van der Waals surface area contributed by atoms with Crippen LogP contribution in [0.5, 0.6) is 0 Å². The van der Waals surface area contributed by atoms with Gasteiger partial charge in [-0.3, -0.25) is 15.1 Å². The largest absolute Gasteiger partial charge is 0.328 e. The average Bonchev–Trinajstić information content (AvgIpc) is 2.63. The Morgan fingerprint density at radius 2 is 1.76 bits per heavy atom. The molecule has 1 saturated heterocycles. The number of quaternary nitrogens is 1. The Labute approximate surface area is 147 Å². The molecule has 6 heteroatoms. The molecule has 1 aliphatic rings. The van der Waals surface area contributed by atoms with Gasteiger partial charge in [0.15, 0.2) is 0 Å². The number of hydrazone groups is 1. The van der Waals surface area contributed by atoms with Crippen LogP contribution in [0.1, 0.15) is 16.7 Å². The Morgan fingerprint density at radius 1 is 1.12 bits per heavy atom. The van der Waals surface area contributed by atoms with E-state index >= 15 is 0 Å². The molecule has 130 valence electrons. The van der Waals surface area contributed by atoms with Crippen LogP contribution < -0.4 is 4.90 Å². The molecule has 3 rings (SSSR count). The van der Waals surface area contributed by atoms with Gasteiger partial charge < -0.3 is 4.90 Å². The van der Waals surface area contributed by atoms with Crippen LogP contribution in [0.2, 0.25) is 0 Å². The second-order valence-corrected chi connectivity index (χ2v) is 6.46. The van der Waals surface area contributed by atoms with Gasteiger partial charge >= 0.3 is 0 Å². The highest BCUT2D eigenvalue weighted by molar-refractivity contribution is 5.79. The minimum Gasteiger partial charge on any atom is -0.328 e. The van der Waals surface area contributed by atoms with Crippen molar-refractivity contribution < 1.29 is 9.82 Å². The lowest BCUT2D eigenvalue weighted by molar-refractivity contribution is -0.918. The minimum atomic E-state index is -0.392. The van der Waals surface area contributed by atoms with Gasteiger partial charge in [0.1, 0.15) is 6.54 Å². The number of nitrogens with one attached hydrogen (secondary N) is 1. The van der Waals surface area contributed by atoms with E-state index in [0.717, 1.165) is 38.3 Å². The number of non-ortho nitro benzene ring substituents is 1. The van der Waals surface area contributed by atoms with E-state index in [-0.39, 0.29) is 5.69 Å². The molecule has 25 heavy (non-hydrogen) atoms. The maximum absolute atomic E-state index is 10.7. The molecule has 0 spiro atoms. The van der Waals surface area contributed by atoms with Gasteiger partial charge in [-0.15, -0.1) is 0 Å². The highest BCUT2D eigenvalue weighted by atomic mass is 16.6. The SMILES string of the molecule is Cc1ccc(C[NH+]2CCN(/N=C\c3ccc([N+](=O)[O-])cc3)CC2)cc1. The zero-order valence-electron chi connectivity index (χ0n) is 14.4. The molecule has 6 nitrogen and oxygen atoms in total. The molecular weight excluding hydrogens is 316 g/mol. The summed E-state index contributed by atoms with van der Waals surface area (Å²) in [7, 11) is 0. The third kappa shape index (κ3) is 4.87. The van der Waals surface area contributed by atoms with Crippen molar-refractivity contribution in [3.63, 3.8) is 0 Å². The third-order valence-electron chi connectivity index (χ3n) is 4.50. The second kappa shape index (κ2) is 7.90. The summed E-state index contributed by atoms with van der Waals surface area (Å²) in [6.45, 7) is 7.13. The van der Waals surface area contributed by atoms with Crippen LogP contribution in [0.3, 0.4) is 0 Å². The summed E-state index contributed by atoms with van der Waals surface area (Å²) in [6, 6.07) is 15.2. The molecule has 0 aliphatic carbocycles. The molecule has 1 heterocycles. The maximum Gasteiger partial charge on any atom is 0.269 e. The second-order valence-electron chi connectivity index (χ2n) is 6.46. The zero-order chi connectivity index (χ0) is 17.6. The minimum absolute atomic E-state index is 0.102. The highest BCUT2D eigenvalue weighted by Gasteiger charge is 2.18. The Kier molecular flexibility index (Phi) is 5.40. The fourth-order valence-electron chi connectivity index (χ4n) is 2.93. The van der Waals surface area contributed by atoms with Crippen molar-refractivity contribution in [3.8, 4) is 0 Å². The number of benzene rings is 2. The molecule has 2 aromatic carbocycles. The first kappa shape index (κ1) is 17.1. The number of nitro benzene ring substituents is 1. The molecule has 1 aliphatic heterocycles. The van der Waals surface area contributed by atoms with Crippen LogP contribution in [0, 0.1) is 17.0 Å². The smallest absolute Gasteiger partial charge is 0.269 e. The Morgan fingerprint density at radius 3 is 2.36 bits per heavy atom. The number of nitro groups is 1. The molecule has 0 atom stereocenters. The first-order valence-corrected chi connectivity index (χ1v) is 8.53. The van der Waals surface area contributed by atoms with Crippen molar-refractivity contribution in [2.24, 2.45) is 5.10 Å². The van der Waals surface area contributed by atoms with Gasteiger partial charge in [0, 0.05) is 17.7 Å². The molecule has 1 N–H and O–H groups in total. The summed E-state index contributed by atoms with van der Waals surface area (Å²) in [5.74, 6) is 0. The fraction of sp³-hybridized carbons (Fsp3) is 0.316. The quantitative estimate of drug-likeness (QED) is 0.512. The van der Waals surface area contributed by atoms with Crippen LogP contribution in [-0.2, 0) is 6.54 Å². The van der Waals surface area contributed by atoms with Crippen LogP contribution >= 0.6 is 0 Å². The monoisotopic (exact) mass is 339 g/mol. The van der Waals surface area contributed by atoms with Gasteiger partial charge in [-0.25, -0.2) is 0 Å². The van der Waals surface area contributed by atoms with E-state index in [2.05, 4.69) is 41.3 Å². The van der Waals surface area contributed by atoms with Gasteiger partial charge in [-0.05, 0) is 24.6 Å². The van der Waals surface area contributed by atoms with Crippen molar-refractivity contribution in [1.82, 2.24) is 5.01 Å². The van der Waals surface area contributed by atoms with Gasteiger partial charge in [0.2, 0.25) is 0 Å². The van der Waals surface area contributed by atoms with Crippen LogP contribution in [0.25, 0.3) is 0 Å². The summed E-state index contributed by atoms with van der Waals surface area (Å²) in [5.41, 5.74) is 3.65. The molecule has 0 amide bonds. The molecule has 0 radical (unpaired) electrons. The number of aryl methyl sites for hydroxylation is 1. The summed E-state index contributed by atoms with van der Waals surface area (Å²) in [4.78, 5) is 11.8. The van der Waals surface area contributed by atoms with Gasteiger partial charge in [0.25, 0.3) is 5.69 Å². The Hall–Kier alpha value is -2.73. The van der Waals surface area contributed by atoms with Crippen molar-refractivity contribution in [1.29, 1.82) is 0 Å². The fourth-order valence-corrected chi connectivity index (χ4v) is 2.93. The van der Waals surface area contributed by atoms with Crippen molar-refractivity contribution in [2.75, 3.05) is 26.2 Å². The lowest BCUT2D eigenvalue weighted by atomic mass is 10.1. The highest BCUT2D eigenvalue weighted by Crippen LogP contribution is 2.10. The normalized spacial score (nSPS) is 15.6. The molecule has 0 saturated carbocycles. The topological polar surface area (TPSA) is 63.2 Å². The molecule has 0 bridgehead atoms. The standard InChI is InChI=1S/C19H22N4O2/c1-16-2-4-18(5-3-16)15-21-10-12-22(13-11-21)20-14-17-6-8-19(9-7-17)23(24)25/h2-9,14H,10-13,15H2,1H3/p+1/b20-14-. The van der Waals surface area contributed by atoms with E-state index in [0.29, 0.717) is 0 Å². The maximum atomic E-state index is 10.7. The number of piperazine rings is 1. The number of hydrogen-bond acceptors (Lipinski definition) is 4. The summed E-state index contributed by atoms with van der Waals surface area (Å²) < 4.78 is 0. The summed E-state index contributed by atoms with van der Waals surface area (Å²) in [6.07, 6.45) is 1.77. The lowest BCUT2D eigenvalue weighted by Gasteiger charge is -2.30. The number of hydrogen-bond donors (Lipinski definition) is 1. The first-order chi connectivity index (χ1) is 12.1. The van der Waals surface area contributed by atoms with E-state index in [1.54, 1.807) is 23.2 Å². The molecular formula is C19H23N4O2+. The van der Waals surface area contributed by atoms with Gasteiger partial charge in [-0.2, -0.15) is 5.10 Å². The van der Waals surface area contributed by atoms with Crippen molar-refractivity contribution >= 4 is 11.9 Å². The Balaban J connectivity index is 1.48. The lowest BCUT2D eigenvalue weighted by Crippen LogP contribution is -3.13. The van der Waals surface area contributed by atoms with Gasteiger partial charge in [0.05, 0.1) is 37.3 Å². The molecule has 2 aromatic rings. The molecule has 0 unspecified atom stereocenters. The van der Waals surface area contributed by atoms with Crippen molar-refractivity contribution in [2.45, 2.75) is 13.5 Å². The average molecular weight is 339 g/mol. The predicted octanol–water partition coefficient (Wildman–Crippen LogP) is 1.64. The van der Waals surface area contributed by atoms with E-state index in [1.165, 1.54) is 23.3 Å². The van der Waals surface area contributed by atoms with Crippen molar-refractivity contribution in [3.05, 3.63) is 75.3 Å². The zero-order valence-corrected chi connectivity index (χ0v) is 14.4. The van der Waals surface area contributed by atoms with E-state index in [1.807, 2.05) is 0 Å². The number of nitrogens with zero attached hydrogens (tertiary/aromatic N) is 3. The van der Waals surface area contributed by atoms with E-state index < -0.39 is 4.92 Å². The molecule has 1 fully saturated rings. The predicted molar refractivity (Wildman–Crippen MR) is 97.8 cm³/mol. The van der Waals surface area contributed by atoms with Gasteiger partial charge in [-0.1, -0.05) is 29.8 Å². The third-order valence-corrected chi connectivity index (χ3v) is 4.50. The summed E-state index contributed by atoms with van der Waals surface area (Å²) >= 11 is 0.